The van der Waals surface area contributed by atoms with E-state index in [1.54, 1.807) is 0 Å². The van der Waals surface area contributed by atoms with Crippen LogP contribution in [0.1, 0.15) is 39.4 Å². The van der Waals surface area contributed by atoms with Crippen molar-refractivity contribution in [3.63, 3.8) is 0 Å². The van der Waals surface area contributed by atoms with Gasteiger partial charge < -0.3 is 4.74 Å². The predicted molar refractivity (Wildman–Crippen MR) is 68.0 cm³/mol. The molecule has 0 unspecified atom stereocenters. The first-order chi connectivity index (χ1) is 8.70. The molecular formula is C12H23N5O. The van der Waals surface area contributed by atoms with Crippen molar-refractivity contribution in [3.05, 3.63) is 5.82 Å². The zero-order valence-electron chi connectivity index (χ0n) is 11.5. The number of hydrogen-bond acceptors (Lipinski definition) is 5. The Morgan fingerprint density at radius 3 is 3.00 bits per heavy atom. The molecule has 0 aliphatic carbocycles. The van der Waals surface area contributed by atoms with Crippen LogP contribution in [-0.2, 0) is 17.8 Å². The fourth-order valence-corrected chi connectivity index (χ4v) is 2.19. The summed E-state index contributed by atoms with van der Waals surface area (Å²) in [7, 11) is 0. The predicted octanol–water partition coefficient (Wildman–Crippen LogP) is 1.08. The minimum absolute atomic E-state index is 0.293. The first kappa shape index (κ1) is 13.4. The zero-order chi connectivity index (χ0) is 13.0. The van der Waals surface area contributed by atoms with Crippen molar-refractivity contribution in [2.24, 2.45) is 0 Å². The topological polar surface area (TPSA) is 56.1 Å². The number of unbranched alkanes of at least 4 members (excludes halogenated alkanes) is 1. The van der Waals surface area contributed by atoms with Crippen LogP contribution >= 0.6 is 0 Å². The molecule has 0 radical (unpaired) electrons. The normalized spacial score (nSPS) is 25.5. The van der Waals surface area contributed by atoms with Gasteiger partial charge in [-0.1, -0.05) is 13.3 Å². The fraction of sp³-hybridized carbons (Fsp3) is 0.917. The highest BCUT2D eigenvalue weighted by atomic mass is 16.5. The molecule has 0 spiro atoms. The summed E-state index contributed by atoms with van der Waals surface area (Å²) in [6.07, 6.45) is 2.57. The molecule has 0 amide bonds. The molecule has 1 aliphatic rings. The van der Waals surface area contributed by atoms with Crippen LogP contribution in [0.4, 0.5) is 0 Å². The van der Waals surface area contributed by atoms with Crippen LogP contribution in [0.15, 0.2) is 0 Å². The molecule has 1 saturated heterocycles. The van der Waals surface area contributed by atoms with E-state index in [1.165, 1.54) is 0 Å². The molecule has 18 heavy (non-hydrogen) atoms. The van der Waals surface area contributed by atoms with Crippen molar-refractivity contribution >= 4 is 0 Å². The molecule has 0 saturated carbocycles. The lowest BCUT2D eigenvalue weighted by molar-refractivity contribution is -0.0539. The maximum atomic E-state index is 5.63. The Kier molecular flexibility index (Phi) is 4.66. The second kappa shape index (κ2) is 6.24. The van der Waals surface area contributed by atoms with Gasteiger partial charge in [0, 0.05) is 19.1 Å². The van der Waals surface area contributed by atoms with E-state index in [0.717, 1.165) is 44.9 Å². The molecule has 1 aromatic heterocycles. The molecule has 1 aromatic rings. The van der Waals surface area contributed by atoms with Gasteiger partial charge in [-0.25, -0.2) is 4.68 Å². The van der Waals surface area contributed by atoms with Crippen LogP contribution in [0.3, 0.4) is 0 Å². The molecule has 2 rings (SSSR count). The Labute approximate surface area is 108 Å². The second-order valence-corrected chi connectivity index (χ2v) is 5.09. The molecular weight excluding hydrogens is 230 g/mol. The standard InChI is InChI=1S/C12H23N5O/c1-4-5-6-17-12(13-14-15-17)8-16-7-11(3)18-9-10(16)2/h10-11H,4-9H2,1-3H3/t10-,11-/m0/s1. The molecule has 0 bridgehead atoms. The van der Waals surface area contributed by atoms with Gasteiger partial charge in [-0.3, -0.25) is 4.90 Å². The van der Waals surface area contributed by atoms with Gasteiger partial charge in [0.2, 0.25) is 0 Å². The van der Waals surface area contributed by atoms with Crippen LogP contribution in [0, 0.1) is 0 Å². The lowest BCUT2D eigenvalue weighted by Crippen LogP contribution is -2.47. The fourth-order valence-electron chi connectivity index (χ4n) is 2.19. The van der Waals surface area contributed by atoms with Gasteiger partial charge in [-0.2, -0.15) is 0 Å². The Balaban J connectivity index is 1.97. The van der Waals surface area contributed by atoms with Gasteiger partial charge in [0.05, 0.1) is 19.3 Å². The molecule has 6 nitrogen and oxygen atoms in total. The summed E-state index contributed by atoms with van der Waals surface area (Å²) < 4.78 is 7.56. The number of aryl methyl sites for hydroxylation is 1. The van der Waals surface area contributed by atoms with Crippen LogP contribution in [0.25, 0.3) is 0 Å². The van der Waals surface area contributed by atoms with Crippen LogP contribution in [0.5, 0.6) is 0 Å². The number of rotatable bonds is 5. The van der Waals surface area contributed by atoms with E-state index >= 15 is 0 Å². The van der Waals surface area contributed by atoms with Gasteiger partial charge in [0.15, 0.2) is 5.82 Å². The highest BCUT2D eigenvalue weighted by Gasteiger charge is 2.24. The third-order valence-corrected chi connectivity index (χ3v) is 3.41. The Morgan fingerprint density at radius 1 is 1.39 bits per heavy atom. The van der Waals surface area contributed by atoms with E-state index < -0.39 is 0 Å². The Morgan fingerprint density at radius 2 is 2.22 bits per heavy atom. The van der Waals surface area contributed by atoms with E-state index in [-0.39, 0.29) is 0 Å². The Bertz CT molecular complexity index is 367. The summed E-state index contributed by atoms with van der Waals surface area (Å²) >= 11 is 0. The van der Waals surface area contributed by atoms with Crippen molar-refractivity contribution in [2.75, 3.05) is 13.2 Å². The quantitative estimate of drug-likeness (QED) is 0.786. The number of hydrogen-bond donors (Lipinski definition) is 0. The SMILES string of the molecule is CCCCn1nnnc1CN1C[C@H](C)OC[C@@H]1C. The molecule has 2 atom stereocenters. The van der Waals surface area contributed by atoms with E-state index in [2.05, 4.69) is 41.2 Å². The van der Waals surface area contributed by atoms with E-state index in [0.29, 0.717) is 12.1 Å². The maximum absolute atomic E-state index is 5.63. The molecule has 1 fully saturated rings. The highest BCUT2D eigenvalue weighted by Crippen LogP contribution is 2.14. The molecule has 6 heteroatoms. The summed E-state index contributed by atoms with van der Waals surface area (Å²) in [5, 5.41) is 12.0. The van der Waals surface area contributed by atoms with Crippen LogP contribution in [0.2, 0.25) is 0 Å². The molecule has 0 aromatic carbocycles. The monoisotopic (exact) mass is 253 g/mol. The minimum Gasteiger partial charge on any atom is -0.376 e. The average Bonchev–Trinajstić information content (AvgIpc) is 2.79. The van der Waals surface area contributed by atoms with Gasteiger partial charge in [0.25, 0.3) is 0 Å². The minimum atomic E-state index is 0.293. The largest absolute Gasteiger partial charge is 0.376 e. The zero-order valence-corrected chi connectivity index (χ0v) is 11.5. The number of ether oxygens (including phenoxy) is 1. The second-order valence-electron chi connectivity index (χ2n) is 5.09. The van der Waals surface area contributed by atoms with Gasteiger partial charge in [-0.15, -0.1) is 5.10 Å². The summed E-state index contributed by atoms with van der Waals surface area (Å²) in [6.45, 7) is 9.93. The van der Waals surface area contributed by atoms with Gasteiger partial charge in [-0.05, 0) is 30.7 Å². The summed E-state index contributed by atoms with van der Waals surface area (Å²) in [5.74, 6) is 0.962. The molecule has 0 N–H and O–H groups in total. The van der Waals surface area contributed by atoms with Crippen LogP contribution < -0.4 is 0 Å². The summed E-state index contributed by atoms with van der Waals surface area (Å²) in [5.41, 5.74) is 0. The number of morpholine rings is 1. The highest BCUT2D eigenvalue weighted by molar-refractivity contribution is 4.85. The van der Waals surface area contributed by atoms with Crippen molar-refractivity contribution in [3.8, 4) is 0 Å². The van der Waals surface area contributed by atoms with Crippen molar-refractivity contribution in [1.29, 1.82) is 0 Å². The maximum Gasteiger partial charge on any atom is 0.165 e. The van der Waals surface area contributed by atoms with Crippen molar-refractivity contribution in [2.45, 2.75) is 58.8 Å². The smallest absolute Gasteiger partial charge is 0.165 e. The first-order valence-corrected chi connectivity index (χ1v) is 6.81. The lowest BCUT2D eigenvalue weighted by Gasteiger charge is -2.36. The molecule has 2 heterocycles. The summed E-state index contributed by atoms with van der Waals surface area (Å²) in [4.78, 5) is 2.39. The van der Waals surface area contributed by atoms with Gasteiger partial charge in [0.1, 0.15) is 0 Å². The van der Waals surface area contributed by atoms with Crippen molar-refractivity contribution < 1.29 is 4.74 Å². The van der Waals surface area contributed by atoms with Gasteiger partial charge >= 0.3 is 0 Å². The Hall–Kier alpha value is -1.01. The van der Waals surface area contributed by atoms with E-state index in [9.17, 15) is 0 Å². The number of tetrazole rings is 1. The summed E-state index contributed by atoms with van der Waals surface area (Å²) in [6, 6.07) is 0.428. The van der Waals surface area contributed by atoms with Crippen LogP contribution in [-0.4, -0.2) is 50.4 Å². The third kappa shape index (κ3) is 3.26. The van der Waals surface area contributed by atoms with E-state index in [4.69, 9.17) is 4.74 Å². The van der Waals surface area contributed by atoms with E-state index in [1.807, 2.05) is 4.68 Å². The first-order valence-electron chi connectivity index (χ1n) is 6.81. The van der Waals surface area contributed by atoms with Crippen molar-refractivity contribution in [1.82, 2.24) is 25.1 Å². The number of nitrogens with zero attached hydrogens (tertiary/aromatic N) is 5. The average molecular weight is 253 g/mol. The number of aromatic nitrogens is 4. The molecule has 1 aliphatic heterocycles. The lowest BCUT2D eigenvalue weighted by atomic mass is 10.2. The third-order valence-electron chi connectivity index (χ3n) is 3.41. The molecule has 102 valence electrons.